The summed E-state index contributed by atoms with van der Waals surface area (Å²) in [5, 5.41) is 0.596. The molecule has 0 saturated heterocycles. The molecule has 0 unspecified atom stereocenters. The fraction of sp³-hybridized carbons (Fsp3) is 0.417. The molecule has 88 valence electrons. The van der Waals surface area contributed by atoms with Crippen LogP contribution in [0.25, 0.3) is 0 Å². The lowest BCUT2D eigenvalue weighted by Crippen LogP contribution is -2.02. The Morgan fingerprint density at radius 2 is 2.19 bits per heavy atom. The maximum Gasteiger partial charge on any atom is 0.165 e. The van der Waals surface area contributed by atoms with Crippen molar-refractivity contribution < 1.29 is 4.79 Å². The predicted octanol–water partition coefficient (Wildman–Crippen LogP) is 4.65. The second-order valence-electron chi connectivity index (χ2n) is 3.35. The van der Waals surface area contributed by atoms with Gasteiger partial charge in [-0.2, -0.15) is 0 Å². The molecule has 0 aliphatic carbocycles. The molecule has 4 heteroatoms. The summed E-state index contributed by atoms with van der Waals surface area (Å²) in [5.41, 5.74) is 0.701. The standard InChI is InChI=1S/C12H14Cl2OS/c1-2-7-16-12-4-3-9(14)8-10(12)11(15)5-6-13/h3-4,8H,2,5-7H2,1H3. The van der Waals surface area contributed by atoms with E-state index in [1.54, 1.807) is 17.8 Å². The number of carbonyl (C=O) groups is 1. The van der Waals surface area contributed by atoms with Crippen molar-refractivity contribution >= 4 is 40.7 Å². The molecule has 0 aliphatic rings. The van der Waals surface area contributed by atoms with E-state index in [-0.39, 0.29) is 5.78 Å². The molecule has 16 heavy (non-hydrogen) atoms. The van der Waals surface area contributed by atoms with E-state index in [1.165, 1.54) is 0 Å². The van der Waals surface area contributed by atoms with Gasteiger partial charge in [-0.3, -0.25) is 4.79 Å². The number of Topliss-reactive ketones (excluding diaryl/α,β-unsaturated/α-hetero) is 1. The molecule has 0 amide bonds. The molecular formula is C12H14Cl2OS. The molecule has 1 aromatic rings. The van der Waals surface area contributed by atoms with Gasteiger partial charge in [-0.25, -0.2) is 0 Å². The third kappa shape index (κ3) is 4.00. The van der Waals surface area contributed by atoms with E-state index in [0.717, 1.165) is 17.1 Å². The number of ketones is 1. The Labute approximate surface area is 111 Å². The zero-order valence-electron chi connectivity index (χ0n) is 9.13. The van der Waals surface area contributed by atoms with Crippen LogP contribution in [0.3, 0.4) is 0 Å². The molecule has 0 spiro atoms. The Morgan fingerprint density at radius 3 is 2.81 bits per heavy atom. The van der Waals surface area contributed by atoms with Crippen LogP contribution in [-0.4, -0.2) is 17.4 Å². The van der Waals surface area contributed by atoms with Crippen molar-refractivity contribution in [3.8, 4) is 0 Å². The first-order valence-electron chi connectivity index (χ1n) is 5.20. The molecule has 0 heterocycles. The molecule has 0 bridgehead atoms. The van der Waals surface area contributed by atoms with Crippen LogP contribution in [0.1, 0.15) is 30.1 Å². The van der Waals surface area contributed by atoms with Crippen LogP contribution in [0.4, 0.5) is 0 Å². The monoisotopic (exact) mass is 276 g/mol. The van der Waals surface area contributed by atoms with Gasteiger partial charge in [-0.15, -0.1) is 23.4 Å². The normalized spacial score (nSPS) is 10.4. The fourth-order valence-electron chi connectivity index (χ4n) is 1.28. The van der Waals surface area contributed by atoms with Crippen LogP contribution in [0, 0.1) is 0 Å². The summed E-state index contributed by atoms with van der Waals surface area (Å²) in [6.07, 6.45) is 1.44. The first kappa shape index (κ1) is 13.9. The second kappa shape index (κ2) is 7.21. The predicted molar refractivity (Wildman–Crippen MR) is 72.1 cm³/mol. The number of hydrogen-bond donors (Lipinski definition) is 0. The van der Waals surface area contributed by atoms with Crippen molar-refractivity contribution in [1.29, 1.82) is 0 Å². The van der Waals surface area contributed by atoms with Gasteiger partial charge in [0.2, 0.25) is 0 Å². The zero-order valence-corrected chi connectivity index (χ0v) is 11.5. The van der Waals surface area contributed by atoms with Gasteiger partial charge in [-0.05, 0) is 30.4 Å². The summed E-state index contributed by atoms with van der Waals surface area (Å²) in [7, 11) is 0. The third-order valence-electron chi connectivity index (χ3n) is 2.03. The van der Waals surface area contributed by atoms with Crippen molar-refractivity contribution in [2.24, 2.45) is 0 Å². The minimum atomic E-state index is 0.0658. The maximum absolute atomic E-state index is 11.8. The lowest BCUT2D eigenvalue weighted by atomic mass is 10.1. The van der Waals surface area contributed by atoms with Crippen molar-refractivity contribution in [2.75, 3.05) is 11.6 Å². The summed E-state index contributed by atoms with van der Waals surface area (Å²) in [5.74, 6) is 1.42. The van der Waals surface area contributed by atoms with Crippen LogP contribution >= 0.6 is 35.0 Å². The summed E-state index contributed by atoms with van der Waals surface area (Å²) < 4.78 is 0. The summed E-state index contributed by atoms with van der Waals surface area (Å²) >= 11 is 13.2. The highest BCUT2D eigenvalue weighted by atomic mass is 35.5. The van der Waals surface area contributed by atoms with Crippen LogP contribution in [-0.2, 0) is 0 Å². The summed E-state index contributed by atoms with van der Waals surface area (Å²) in [4.78, 5) is 12.8. The second-order valence-corrected chi connectivity index (χ2v) is 5.30. The molecular weight excluding hydrogens is 263 g/mol. The van der Waals surface area contributed by atoms with E-state index >= 15 is 0 Å². The Kier molecular flexibility index (Phi) is 6.25. The van der Waals surface area contributed by atoms with Gasteiger partial charge in [0, 0.05) is 27.8 Å². The molecule has 0 saturated carbocycles. The first-order chi connectivity index (χ1) is 7.69. The van der Waals surface area contributed by atoms with Gasteiger partial charge >= 0.3 is 0 Å². The van der Waals surface area contributed by atoms with Gasteiger partial charge in [-0.1, -0.05) is 18.5 Å². The van der Waals surface area contributed by atoms with Crippen LogP contribution in [0.5, 0.6) is 0 Å². The number of thioether (sulfide) groups is 1. The molecule has 0 N–H and O–H groups in total. The first-order valence-corrected chi connectivity index (χ1v) is 7.10. The molecule has 1 aromatic carbocycles. The third-order valence-corrected chi connectivity index (χ3v) is 3.73. The highest BCUT2D eigenvalue weighted by Crippen LogP contribution is 2.27. The number of benzene rings is 1. The van der Waals surface area contributed by atoms with Crippen molar-refractivity contribution in [1.82, 2.24) is 0 Å². The van der Waals surface area contributed by atoms with Crippen molar-refractivity contribution in [3.63, 3.8) is 0 Å². The minimum absolute atomic E-state index is 0.0658. The molecule has 0 atom stereocenters. The van der Waals surface area contributed by atoms with Crippen molar-refractivity contribution in [3.05, 3.63) is 28.8 Å². The van der Waals surface area contributed by atoms with Gasteiger partial charge in [0.05, 0.1) is 0 Å². The lowest BCUT2D eigenvalue weighted by Gasteiger charge is -2.07. The van der Waals surface area contributed by atoms with Crippen molar-refractivity contribution in [2.45, 2.75) is 24.7 Å². The van der Waals surface area contributed by atoms with E-state index in [2.05, 4.69) is 6.92 Å². The Morgan fingerprint density at radius 1 is 1.44 bits per heavy atom. The molecule has 0 radical (unpaired) electrons. The molecule has 1 rings (SSSR count). The van der Waals surface area contributed by atoms with E-state index in [1.807, 2.05) is 12.1 Å². The largest absolute Gasteiger partial charge is 0.294 e. The number of alkyl halides is 1. The molecule has 0 fully saturated rings. The Balaban J connectivity index is 2.93. The number of carbonyl (C=O) groups excluding carboxylic acids is 1. The molecule has 0 aliphatic heterocycles. The average Bonchev–Trinajstić information content (AvgIpc) is 2.27. The van der Waals surface area contributed by atoms with Crippen LogP contribution in [0.15, 0.2) is 23.1 Å². The average molecular weight is 277 g/mol. The van der Waals surface area contributed by atoms with E-state index in [4.69, 9.17) is 23.2 Å². The SMILES string of the molecule is CCCSc1ccc(Cl)cc1C(=O)CCCl. The lowest BCUT2D eigenvalue weighted by molar-refractivity contribution is 0.0986. The highest BCUT2D eigenvalue weighted by molar-refractivity contribution is 7.99. The summed E-state index contributed by atoms with van der Waals surface area (Å²) in [6.45, 7) is 2.11. The Hall–Kier alpha value is -0.180. The van der Waals surface area contributed by atoms with E-state index < -0.39 is 0 Å². The Bertz CT molecular complexity index is 366. The molecule has 0 aromatic heterocycles. The van der Waals surface area contributed by atoms with Gasteiger partial charge in [0.1, 0.15) is 0 Å². The van der Waals surface area contributed by atoms with Crippen LogP contribution in [0.2, 0.25) is 5.02 Å². The quantitative estimate of drug-likeness (QED) is 0.427. The number of halogens is 2. The maximum atomic E-state index is 11.8. The number of rotatable bonds is 6. The van der Waals surface area contributed by atoms with Gasteiger partial charge in [0.15, 0.2) is 5.78 Å². The zero-order chi connectivity index (χ0) is 12.0. The topological polar surface area (TPSA) is 17.1 Å². The number of hydrogen-bond acceptors (Lipinski definition) is 2. The molecule has 1 nitrogen and oxygen atoms in total. The minimum Gasteiger partial charge on any atom is -0.294 e. The van der Waals surface area contributed by atoms with Crippen LogP contribution < -0.4 is 0 Å². The highest BCUT2D eigenvalue weighted by Gasteiger charge is 2.11. The van der Waals surface area contributed by atoms with Gasteiger partial charge in [0.25, 0.3) is 0 Å². The smallest absolute Gasteiger partial charge is 0.165 e. The fourth-order valence-corrected chi connectivity index (χ4v) is 2.54. The van der Waals surface area contributed by atoms with E-state index in [0.29, 0.717) is 22.9 Å². The van der Waals surface area contributed by atoms with E-state index in [9.17, 15) is 4.79 Å². The summed E-state index contributed by atoms with van der Waals surface area (Å²) in [6, 6.07) is 5.45. The van der Waals surface area contributed by atoms with Gasteiger partial charge < -0.3 is 0 Å².